The van der Waals surface area contributed by atoms with Crippen LogP contribution < -0.4 is 11.1 Å². The SMILES string of the molecule is NC(=S)c1ccnnc1NCC1CCCOC1. The van der Waals surface area contributed by atoms with E-state index in [1.165, 1.54) is 6.42 Å². The fourth-order valence-electron chi connectivity index (χ4n) is 1.87. The van der Waals surface area contributed by atoms with E-state index < -0.39 is 0 Å². The van der Waals surface area contributed by atoms with Crippen LogP contribution in [-0.4, -0.2) is 34.9 Å². The molecule has 2 rings (SSSR count). The maximum absolute atomic E-state index is 5.62. The van der Waals surface area contributed by atoms with E-state index in [9.17, 15) is 0 Å². The van der Waals surface area contributed by atoms with E-state index in [0.29, 0.717) is 16.7 Å². The van der Waals surface area contributed by atoms with Gasteiger partial charge in [0.2, 0.25) is 0 Å². The van der Waals surface area contributed by atoms with Crippen LogP contribution in [0.4, 0.5) is 5.82 Å². The normalized spacial score (nSPS) is 19.9. The Hall–Kier alpha value is -1.27. The molecule has 0 aromatic carbocycles. The van der Waals surface area contributed by atoms with Crippen molar-refractivity contribution in [3.63, 3.8) is 0 Å². The third-order valence-corrected chi connectivity index (χ3v) is 3.02. The van der Waals surface area contributed by atoms with Gasteiger partial charge in [0.05, 0.1) is 18.4 Å². The first kappa shape index (κ1) is 12.2. The third-order valence-electron chi connectivity index (χ3n) is 2.80. The van der Waals surface area contributed by atoms with E-state index in [1.807, 2.05) is 0 Å². The predicted octanol–water partition coefficient (Wildman–Crippen LogP) is 0.949. The number of nitrogens with zero attached hydrogens (tertiary/aromatic N) is 2. The number of nitrogens with two attached hydrogens (primary N) is 1. The lowest BCUT2D eigenvalue weighted by Gasteiger charge is -2.22. The van der Waals surface area contributed by atoms with Gasteiger partial charge in [-0.1, -0.05) is 12.2 Å². The van der Waals surface area contributed by atoms with Gasteiger partial charge in [-0.15, -0.1) is 5.10 Å². The van der Waals surface area contributed by atoms with Gasteiger partial charge in [0.15, 0.2) is 5.82 Å². The van der Waals surface area contributed by atoms with Crippen molar-refractivity contribution in [2.24, 2.45) is 11.7 Å². The second-order valence-corrected chi connectivity index (χ2v) is 4.56. The Morgan fingerprint density at radius 1 is 1.65 bits per heavy atom. The van der Waals surface area contributed by atoms with Crippen LogP contribution in [0.15, 0.2) is 12.3 Å². The summed E-state index contributed by atoms with van der Waals surface area (Å²) in [6.45, 7) is 2.49. The topological polar surface area (TPSA) is 73.1 Å². The standard InChI is InChI=1S/C11H16N4OS/c12-10(17)9-3-4-14-15-11(9)13-6-8-2-1-5-16-7-8/h3-4,8H,1-2,5-7H2,(H2,12,17)(H,13,15). The molecular formula is C11H16N4OS. The molecule has 1 aromatic rings. The number of rotatable bonds is 4. The van der Waals surface area contributed by atoms with Crippen molar-refractivity contribution >= 4 is 23.0 Å². The van der Waals surface area contributed by atoms with Crippen molar-refractivity contribution in [2.75, 3.05) is 25.1 Å². The first-order valence-electron chi connectivity index (χ1n) is 5.70. The molecule has 1 atom stereocenters. The summed E-state index contributed by atoms with van der Waals surface area (Å²) in [5.74, 6) is 1.18. The summed E-state index contributed by atoms with van der Waals surface area (Å²) in [6.07, 6.45) is 3.88. The van der Waals surface area contributed by atoms with Gasteiger partial charge in [-0.2, -0.15) is 5.10 Å². The molecule has 92 valence electrons. The molecule has 0 bridgehead atoms. The lowest BCUT2D eigenvalue weighted by molar-refractivity contribution is 0.0594. The number of thiocarbonyl (C=S) groups is 1. The largest absolute Gasteiger partial charge is 0.389 e. The smallest absolute Gasteiger partial charge is 0.158 e. The van der Waals surface area contributed by atoms with Crippen LogP contribution in [0.1, 0.15) is 18.4 Å². The van der Waals surface area contributed by atoms with Gasteiger partial charge >= 0.3 is 0 Å². The molecular weight excluding hydrogens is 236 g/mol. The average molecular weight is 252 g/mol. The quantitative estimate of drug-likeness (QED) is 0.777. The molecule has 1 aromatic heterocycles. The maximum atomic E-state index is 5.62. The molecule has 1 fully saturated rings. The molecule has 0 saturated carbocycles. The minimum atomic E-state index is 0.335. The van der Waals surface area contributed by atoms with Crippen LogP contribution in [-0.2, 0) is 4.74 Å². The molecule has 0 amide bonds. The Kier molecular flexibility index (Phi) is 4.22. The van der Waals surface area contributed by atoms with Gasteiger partial charge in [-0.25, -0.2) is 0 Å². The maximum Gasteiger partial charge on any atom is 0.158 e. The molecule has 3 N–H and O–H groups in total. The average Bonchev–Trinajstić information content (AvgIpc) is 2.38. The van der Waals surface area contributed by atoms with Gasteiger partial charge in [0, 0.05) is 13.2 Å². The molecule has 5 nitrogen and oxygen atoms in total. The Balaban J connectivity index is 1.96. The zero-order valence-corrected chi connectivity index (χ0v) is 10.4. The van der Waals surface area contributed by atoms with Crippen LogP contribution in [0, 0.1) is 5.92 Å². The van der Waals surface area contributed by atoms with E-state index in [4.69, 9.17) is 22.7 Å². The fourth-order valence-corrected chi connectivity index (χ4v) is 2.04. The summed E-state index contributed by atoms with van der Waals surface area (Å²) < 4.78 is 5.42. The first-order chi connectivity index (χ1) is 8.27. The van der Waals surface area contributed by atoms with Crippen molar-refractivity contribution in [3.8, 4) is 0 Å². The van der Waals surface area contributed by atoms with Crippen LogP contribution in [0.3, 0.4) is 0 Å². The minimum Gasteiger partial charge on any atom is -0.389 e. The zero-order valence-electron chi connectivity index (χ0n) is 9.56. The summed E-state index contributed by atoms with van der Waals surface area (Å²) in [5, 5.41) is 11.1. The van der Waals surface area contributed by atoms with Crippen molar-refractivity contribution < 1.29 is 4.74 Å². The molecule has 1 saturated heterocycles. The molecule has 1 aliphatic rings. The minimum absolute atomic E-state index is 0.335. The van der Waals surface area contributed by atoms with E-state index in [1.54, 1.807) is 12.3 Å². The molecule has 0 aliphatic carbocycles. The molecule has 1 aliphatic heterocycles. The van der Waals surface area contributed by atoms with Crippen LogP contribution in [0.5, 0.6) is 0 Å². The molecule has 2 heterocycles. The molecule has 17 heavy (non-hydrogen) atoms. The summed E-state index contributed by atoms with van der Waals surface area (Å²) >= 11 is 4.97. The second kappa shape index (κ2) is 5.88. The Bertz CT molecular complexity index is 393. The zero-order chi connectivity index (χ0) is 12.1. The summed E-state index contributed by atoms with van der Waals surface area (Å²) in [5.41, 5.74) is 6.36. The van der Waals surface area contributed by atoms with Crippen LogP contribution >= 0.6 is 12.2 Å². The molecule has 6 heteroatoms. The number of ether oxygens (including phenoxy) is 1. The van der Waals surface area contributed by atoms with Gasteiger partial charge < -0.3 is 15.8 Å². The van der Waals surface area contributed by atoms with E-state index >= 15 is 0 Å². The van der Waals surface area contributed by atoms with Crippen molar-refractivity contribution in [1.82, 2.24) is 10.2 Å². The number of nitrogens with one attached hydrogen (secondary N) is 1. The lowest BCUT2D eigenvalue weighted by atomic mass is 10.0. The van der Waals surface area contributed by atoms with Gasteiger partial charge in [0.25, 0.3) is 0 Å². The number of aromatic nitrogens is 2. The highest BCUT2D eigenvalue weighted by molar-refractivity contribution is 7.80. The Labute approximate surface area is 106 Å². The predicted molar refractivity (Wildman–Crippen MR) is 70.0 cm³/mol. The number of hydrogen-bond donors (Lipinski definition) is 2. The van der Waals surface area contributed by atoms with Gasteiger partial charge in [0.1, 0.15) is 4.99 Å². The Morgan fingerprint density at radius 3 is 3.24 bits per heavy atom. The monoisotopic (exact) mass is 252 g/mol. The summed E-state index contributed by atoms with van der Waals surface area (Å²) in [4.78, 5) is 0.335. The number of hydrogen-bond acceptors (Lipinski definition) is 5. The lowest BCUT2D eigenvalue weighted by Crippen LogP contribution is -2.25. The summed E-state index contributed by atoms with van der Waals surface area (Å²) in [7, 11) is 0. The highest BCUT2D eigenvalue weighted by Gasteiger charge is 2.15. The van der Waals surface area contributed by atoms with E-state index in [2.05, 4.69) is 15.5 Å². The molecule has 0 radical (unpaired) electrons. The second-order valence-electron chi connectivity index (χ2n) is 4.12. The van der Waals surface area contributed by atoms with E-state index in [-0.39, 0.29) is 0 Å². The first-order valence-corrected chi connectivity index (χ1v) is 6.11. The summed E-state index contributed by atoms with van der Waals surface area (Å²) in [6, 6.07) is 1.77. The van der Waals surface area contributed by atoms with Crippen LogP contribution in [0.2, 0.25) is 0 Å². The Morgan fingerprint density at radius 2 is 2.53 bits per heavy atom. The molecule has 0 spiro atoms. The van der Waals surface area contributed by atoms with Crippen molar-refractivity contribution in [1.29, 1.82) is 0 Å². The third kappa shape index (κ3) is 3.34. The van der Waals surface area contributed by atoms with Gasteiger partial charge in [-0.3, -0.25) is 0 Å². The fraction of sp³-hybridized carbons (Fsp3) is 0.545. The van der Waals surface area contributed by atoms with Crippen LogP contribution in [0.25, 0.3) is 0 Å². The highest BCUT2D eigenvalue weighted by atomic mass is 32.1. The van der Waals surface area contributed by atoms with Crippen molar-refractivity contribution in [2.45, 2.75) is 12.8 Å². The highest BCUT2D eigenvalue weighted by Crippen LogP contribution is 2.16. The van der Waals surface area contributed by atoms with Crippen molar-refractivity contribution in [3.05, 3.63) is 17.8 Å². The van der Waals surface area contributed by atoms with E-state index in [0.717, 1.165) is 31.7 Å². The molecule has 1 unspecified atom stereocenters. The van der Waals surface area contributed by atoms with Gasteiger partial charge in [-0.05, 0) is 24.8 Å². The number of anilines is 1.